The quantitative estimate of drug-likeness (QED) is 0.490. The third-order valence-electron chi connectivity index (χ3n) is 6.11. The SMILES string of the molecule is CCC1C=C([SiH2]C2=CC(CC)C(C)=C2C(C)(C)C)C(C(C)(C)C)=C1C. The van der Waals surface area contributed by atoms with Crippen molar-refractivity contribution in [1.82, 2.24) is 0 Å². The van der Waals surface area contributed by atoms with Crippen molar-refractivity contribution >= 4 is 9.52 Å². The van der Waals surface area contributed by atoms with Gasteiger partial charge in [-0.15, -0.1) is 0 Å². The summed E-state index contributed by atoms with van der Waals surface area (Å²) in [6.07, 6.45) is 7.75. The maximum absolute atomic E-state index is 2.64. The van der Waals surface area contributed by atoms with Crippen LogP contribution in [-0.4, -0.2) is 9.52 Å². The predicted molar refractivity (Wildman–Crippen MR) is 117 cm³/mol. The van der Waals surface area contributed by atoms with Crippen LogP contribution in [0.25, 0.3) is 0 Å². The summed E-state index contributed by atoms with van der Waals surface area (Å²) in [4.78, 5) is 0. The van der Waals surface area contributed by atoms with Gasteiger partial charge in [0.2, 0.25) is 0 Å². The number of hydrogen-bond acceptors (Lipinski definition) is 0. The monoisotopic (exact) mass is 356 g/mol. The second kappa shape index (κ2) is 7.06. The molecule has 0 aromatic carbocycles. The van der Waals surface area contributed by atoms with Gasteiger partial charge in [-0.05, 0) is 60.5 Å². The molecule has 0 N–H and O–H groups in total. The summed E-state index contributed by atoms with van der Waals surface area (Å²) in [5.74, 6) is 1.34. The van der Waals surface area contributed by atoms with Crippen molar-refractivity contribution < 1.29 is 0 Å². The van der Waals surface area contributed by atoms with Gasteiger partial charge in [-0.25, -0.2) is 0 Å². The van der Waals surface area contributed by atoms with Gasteiger partial charge < -0.3 is 0 Å². The van der Waals surface area contributed by atoms with Crippen LogP contribution >= 0.6 is 0 Å². The summed E-state index contributed by atoms with van der Waals surface area (Å²) in [5.41, 5.74) is 7.16. The molecule has 0 fully saturated rings. The standard InChI is InChI=1S/C24H40Si/c1-11-17-13-19(21(15(17)3)23(5,6)7)25-20-14-18(12-2)16(4)22(20)24(8,9)10/h13-14,17-18H,11-12,25H2,1-10H3. The summed E-state index contributed by atoms with van der Waals surface area (Å²) in [6, 6.07) is 0. The van der Waals surface area contributed by atoms with E-state index in [1.165, 1.54) is 12.8 Å². The van der Waals surface area contributed by atoms with E-state index < -0.39 is 9.52 Å². The molecule has 0 aromatic heterocycles. The molecule has 0 radical (unpaired) electrons. The van der Waals surface area contributed by atoms with Gasteiger partial charge >= 0.3 is 0 Å². The lowest BCUT2D eigenvalue weighted by atomic mass is 9.83. The molecule has 2 unspecified atom stereocenters. The predicted octanol–water partition coefficient (Wildman–Crippen LogP) is 6.73. The van der Waals surface area contributed by atoms with Crippen LogP contribution in [0.4, 0.5) is 0 Å². The molecule has 2 aliphatic carbocycles. The van der Waals surface area contributed by atoms with E-state index in [2.05, 4.69) is 81.4 Å². The van der Waals surface area contributed by atoms with E-state index >= 15 is 0 Å². The lowest BCUT2D eigenvalue weighted by Gasteiger charge is -2.29. The Balaban J connectivity index is 2.45. The fourth-order valence-electron chi connectivity index (χ4n) is 5.27. The average molecular weight is 357 g/mol. The smallest absolute Gasteiger partial charge is 0.0781 e. The van der Waals surface area contributed by atoms with Crippen LogP contribution in [0.2, 0.25) is 0 Å². The third kappa shape index (κ3) is 3.97. The zero-order valence-corrected chi connectivity index (χ0v) is 19.8. The fraction of sp³-hybridized carbons (Fsp3) is 0.667. The Morgan fingerprint density at radius 1 is 0.720 bits per heavy atom. The highest BCUT2D eigenvalue weighted by Crippen LogP contribution is 2.47. The molecular weight excluding hydrogens is 316 g/mol. The van der Waals surface area contributed by atoms with Crippen molar-refractivity contribution in [3.05, 3.63) is 44.8 Å². The number of allylic oxidation sites excluding steroid dienone is 8. The van der Waals surface area contributed by atoms with Gasteiger partial charge in [-0.2, -0.15) is 0 Å². The Morgan fingerprint density at radius 2 is 1.04 bits per heavy atom. The Labute approximate surface area is 159 Å². The van der Waals surface area contributed by atoms with E-state index in [9.17, 15) is 0 Å². The number of hydrogen-bond donors (Lipinski definition) is 0. The first-order valence-corrected chi connectivity index (χ1v) is 11.7. The zero-order chi connectivity index (χ0) is 19.2. The molecule has 140 valence electrons. The Hall–Kier alpha value is -0.823. The van der Waals surface area contributed by atoms with Crippen LogP contribution < -0.4 is 0 Å². The van der Waals surface area contributed by atoms with Crippen molar-refractivity contribution in [1.29, 1.82) is 0 Å². The van der Waals surface area contributed by atoms with Crippen LogP contribution in [0.5, 0.6) is 0 Å². The Kier molecular flexibility index (Phi) is 5.79. The van der Waals surface area contributed by atoms with E-state index in [1.807, 2.05) is 0 Å². The van der Waals surface area contributed by atoms with Crippen molar-refractivity contribution in [3.8, 4) is 0 Å². The highest BCUT2D eigenvalue weighted by Gasteiger charge is 2.34. The first-order valence-electron chi connectivity index (χ1n) is 10.3. The minimum absolute atomic E-state index is 0.261. The van der Waals surface area contributed by atoms with E-state index in [4.69, 9.17) is 0 Å². The molecule has 0 amide bonds. The minimum atomic E-state index is -0.430. The highest BCUT2D eigenvalue weighted by molar-refractivity contribution is 6.57. The summed E-state index contributed by atoms with van der Waals surface area (Å²) in [7, 11) is -0.430. The molecule has 25 heavy (non-hydrogen) atoms. The van der Waals surface area contributed by atoms with Gasteiger partial charge in [0.1, 0.15) is 0 Å². The topological polar surface area (TPSA) is 0 Å². The van der Waals surface area contributed by atoms with Crippen LogP contribution in [-0.2, 0) is 0 Å². The van der Waals surface area contributed by atoms with E-state index in [0.29, 0.717) is 11.8 Å². The van der Waals surface area contributed by atoms with Gasteiger partial charge in [0.15, 0.2) is 0 Å². The van der Waals surface area contributed by atoms with Crippen LogP contribution in [0.1, 0.15) is 82.1 Å². The lowest BCUT2D eigenvalue weighted by Crippen LogP contribution is -2.19. The van der Waals surface area contributed by atoms with Crippen LogP contribution in [0, 0.1) is 22.7 Å². The zero-order valence-electron chi connectivity index (χ0n) is 18.4. The molecule has 1 heteroatoms. The second-order valence-electron chi connectivity index (χ2n) is 10.2. The van der Waals surface area contributed by atoms with Gasteiger partial charge in [-0.3, -0.25) is 0 Å². The van der Waals surface area contributed by atoms with Crippen LogP contribution in [0.15, 0.2) is 44.8 Å². The summed E-state index contributed by atoms with van der Waals surface area (Å²) in [5, 5.41) is 3.46. The van der Waals surface area contributed by atoms with E-state index in [0.717, 1.165) is 0 Å². The molecular formula is C24H40Si. The molecule has 2 aliphatic rings. The summed E-state index contributed by atoms with van der Waals surface area (Å²) < 4.78 is 0. The maximum atomic E-state index is 2.64. The molecule has 2 rings (SSSR count). The molecule has 0 bridgehead atoms. The largest absolute Gasteiger partial charge is 0.0875 e. The maximum Gasteiger partial charge on any atom is 0.0875 e. The van der Waals surface area contributed by atoms with Gasteiger partial charge in [0.05, 0.1) is 9.52 Å². The third-order valence-corrected chi connectivity index (χ3v) is 8.05. The molecule has 0 aliphatic heterocycles. The molecule has 0 nitrogen and oxygen atoms in total. The summed E-state index contributed by atoms with van der Waals surface area (Å²) >= 11 is 0. The molecule has 2 atom stereocenters. The molecule has 0 aromatic rings. The van der Waals surface area contributed by atoms with Gasteiger partial charge in [0.25, 0.3) is 0 Å². The molecule has 0 saturated heterocycles. The van der Waals surface area contributed by atoms with Gasteiger partial charge in [-0.1, -0.05) is 89.1 Å². The van der Waals surface area contributed by atoms with Crippen molar-refractivity contribution in [3.63, 3.8) is 0 Å². The number of rotatable bonds is 4. The molecule has 0 spiro atoms. The first kappa shape index (κ1) is 20.5. The molecule has 0 saturated carbocycles. The van der Waals surface area contributed by atoms with Crippen LogP contribution in [0.3, 0.4) is 0 Å². The fourth-order valence-corrected chi connectivity index (χ4v) is 8.46. The first-order chi connectivity index (χ1) is 11.4. The van der Waals surface area contributed by atoms with Crippen molar-refractivity contribution in [2.45, 2.75) is 82.1 Å². The normalized spacial score (nSPS) is 25.5. The Bertz CT molecular complexity index is 595. The summed E-state index contributed by atoms with van der Waals surface area (Å²) in [6.45, 7) is 23.8. The van der Waals surface area contributed by atoms with Gasteiger partial charge in [0, 0.05) is 0 Å². The minimum Gasteiger partial charge on any atom is -0.0781 e. The average Bonchev–Trinajstić information content (AvgIpc) is 2.94. The second-order valence-corrected chi connectivity index (χ2v) is 12.1. The van der Waals surface area contributed by atoms with Crippen molar-refractivity contribution in [2.75, 3.05) is 0 Å². The Morgan fingerprint density at radius 3 is 1.28 bits per heavy atom. The van der Waals surface area contributed by atoms with E-state index in [1.54, 1.807) is 32.7 Å². The highest BCUT2D eigenvalue weighted by atomic mass is 28.2. The lowest BCUT2D eigenvalue weighted by molar-refractivity contribution is 0.506. The van der Waals surface area contributed by atoms with Crippen molar-refractivity contribution in [2.24, 2.45) is 22.7 Å². The molecule has 0 heterocycles. The van der Waals surface area contributed by atoms with E-state index in [-0.39, 0.29) is 10.8 Å².